The van der Waals surface area contributed by atoms with Crippen molar-refractivity contribution in [1.82, 2.24) is 9.91 Å². The normalized spacial score (nSPS) is 13.5. The van der Waals surface area contributed by atoms with Crippen molar-refractivity contribution >= 4 is 0 Å². The van der Waals surface area contributed by atoms with Crippen molar-refractivity contribution in [3.8, 4) is 0 Å². The molecule has 0 aliphatic rings. The van der Waals surface area contributed by atoms with Gasteiger partial charge < -0.3 is 0 Å². The van der Waals surface area contributed by atoms with Gasteiger partial charge in [-0.25, -0.2) is 0 Å². The molecule has 0 amide bonds. The van der Waals surface area contributed by atoms with Gasteiger partial charge in [0.05, 0.1) is 0 Å². The summed E-state index contributed by atoms with van der Waals surface area (Å²) < 4.78 is 13.6. The van der Waals surface area contributed by atoms with E-state index < -0.39 is 17.7 Å². The van der Waals surface area contributed by atoms with Gasteiger partial charge in [-0.3, -0.25) is 0 Å². The Morgan fingerprint density at radius 1 is 0.619 bits per heavy atom. The van der Waals surface area contributed by atoms with Crippen LogP contribution in [0.25, 0.3) is 0 Å². The Hall–Kier alpha value is 0.420. The Bertz CT molecular complexity index is 286. The van der Waals surface area contributed by atoms with Crippen LogP contribution in [0.3, 0.4) is 0 Å². The van der Waals surface area contributed by atoms with Crippen LogP contribution in [-0.4, -0.2) is 54.7 Å². The molecule has 0 unspecified atom stereocenters. The first kappa shape index (κ1) is 21.4. The summed E-state index contributed by atoms with van der Waals surface area (Å²) in [7, 11) is 0. The van der Waals surface area contributed by atoms with Crippen LogP contribution in [0.4, 0.5) is 0 Å². The topological polar surface area (TPSA) is 22.1 Å². The van der Waals surface area contributed by atoms with E-state index in [2.05, 4.69) is 72.2 Å². The van der Waals surface area contributed by atoms with E-state index in [9.17, 15) is 0 Å². The van der Waals surface area contributed by atoms with Gasteiger partial charge in [-0.2, -0.15) is 0 Å². The molecular formula is C16H39N4Nb. The van der Waals surface area contributed by atoms with Crippen molar-refractivity contribution in [2.45, 2.75) is 67.9 Å². The molecule has 0 N–H and O–H groups in total. The second kappa shape index (κ2) is 9.53. The van der Waals surface area contributed by atoms with E-state index in [1.54, 1.807) is 0 Å². The Balaban J connectivity index is 6.39. The number of hydrogen-bond acceptors (Lipinski definition) is 1. The monoisotopic (exact) mass is 380 g/mol. The minimum atomic E-state index is -3.01. The predicted molar refractivity (Wildman–Crippen MR) is 90.9 cm³/mol. The van der Waals surface area contributed by atoms with Crippen LogP contribution in [0.2, 0.25) is 0 Å². The molecule has 0 saturated heterocycles. The molecule has 0 aliphatic carbocycles. The zero-order chi connectivity index (χ0) is 16.7. The van der Waals surface area contributed by atoms with E-state index in [1.807, 2.05) is 0 Å². The molecule has 0 saturated carbocycles. The van der Waals surface area contributed by atoms with Crippen molar-refractivity contribution in [2.24, 2.45) is 3.34 Å². The molecule has 0 fully saturated rings. The van der Waals surface area contributed by atoms with Gasteiger partial charge in [-0.1, -0.05) is 0 Å². The summed E-state index contributed by atoms with van der Waals surface area (Å²) in [4.78, 5) is 0. The van der Waals surface area contributed by atoms with Gasteiger partial charge >= 0.3 is 138 Å². The average molecular weight is 380 g/mol. The number of hydrogen-bond donors (Lipinski definition) is 0. The molecule has 0 atom stereocenters. The first-order valence-corrected chi connectivity index (χ1v) is 12.6. The average Bonchev–Trinajstić information content (AvgIpc) is 2.40. The molecule has 0 rings (SSSR count). The molecule has 0 bridgehead atoms. The fourth-order valence-corrected chi connectivity index (χ4v) is 14.1. The molecule has 0 spiro atoms. The quantitative estimate of drug-likeness (QED) is 0.567. The molecular weight excluding hydrogens is 341 g/mol. The maximum atomic E-state index is 5.54. The molecule has 0 aromatic carbocycles. The van der Waals surface area contributed by atoms with Crippen LogP contribution >= 0.6 is 0 Å². The third-order valence-electron chi connectivity index (χ3n) is 3.76. The van der Waals surface area contributed by atoms with E-state index >= 15 is 0 Å². The first-order valence-electron chi connectivity index (χ1n) is 8.66. The molecule has 0 aliphatic heterocycles. The number of nitrogens with zero attached hydrogens (tertiary/aromatic N) is 4. The van der Waals surface area contributed by atoms with Crippen LogP contribution in [0.5, 0.6) is 0 Å². The van der Waals surface area contributed by atoms with Crippen LogP contribution in [0.1, 0.15) is 62.3 Å². The summed E-state index contributed by atoms with van der Waals surface area (Å²) in [5, 5.41) is 0. The second-order valence-electron chi connectivity index (χ2n) is 6.22. The Morgan fingerprint density at radius 3 is 1.00 bits per heavy atom. The van der Waals surface area contributed by atoms with Gasteiger partial charge in [0.1, 0.15) is 0 Å². The predicted octanol–water partition coefficient (Wildman–Crippen LogP) is 3.89. The molecule has 0 aromatic heterocycles. The zero-order valence-electron chi connectivity index (χ0n) is 16.0. The summed E-state index contributed by atoms with van der Waals surface area (Å²) in [5.74, 6) is 0. The molecule has 0 aromatic rings. The van der Waals surface area contributed by atoms with Crippen LogP contribution < -0.4 is 0 Å². The van der Waals surface area contributed by atoms with Gasteiger partial charge in [0.25, 0.3) is 0 Å². The maximum absolute atomic E-state index is 5.54. The van der Waals surface area contributed by atoms with Crippen molar-refractivity contribution in [3.63, 3.8) is 0 Å². The van der Waals surface area contributed by atoms with Crippen molar-refractivity contribution in [3.05, 3.63) is 0 Å². The number of rotatable bonds is 9. The Morgan fingerprint density at radius 2 is 0.857 bits per heavy atom. The van der Waals surface area contributed by atoms with Gasteiger partial charge in [-0.05, 0) is 0 Å². The van der Waals surface area contributed by atoms with Gasteiger partial charge in [0.2, 0.25) is 0 Å². The van der Waals surface area contributed by atoms with E-state index in [1.165, 1.54) is 0 Å². The third kappa shape index (κ3) is 5.22. The fourth-order valence-electron chi connectivity index (χ4n) is 2.94. The second-order valence-corrected chi connectivity index (χ2v) is 13.5. The summed E-state index contributed by atoms with van der Waals surface area (Å²) in [6, 6.07) is 0. The summed E-state index contributed by atoms with van der Waals surface area (Å²) in [5.41, 5.74) is 0.0133. The van der Waals surface area contributed by atoms with Gasteiger partial charge in [0.15, 0.2) is 0 Å². The van der Waals surface area contributed by atoms with Crippen molar-refractivity contribution < 1.29 is 17.7 Å². The molecule has 5 heteroatoms. The first-order chi connectivity index (χ1) is 9.77. The SMILES string of the molecule is CC[N](CC)[Nb](=[N]C(C)(C)C)([N](CC)CC)[N](CC)CC. The van der Waals surface area contributed by atoms with Crippen molar-refractivity contribution in [2.75, 3.05) is 39.3 Å². The van der Waals surface area contributed by atoms with E-state index in [-0.39, 0.29) is 5.54 Å². The van der Waals surface area contributed by atoms with Crippen LogP contribution in [0.15, 0.2) is 3.34 Å². The summed E-state index contributed by atoms with van der Waals surface area (Å²) >= 11 is -3.01. The molecule has 4 nitrogen and oxygen atoms in total. The Labute approximate surface area is 138 Å². The molecule has 21 heavy (non-hydrogen) atoms. The van der Waals surface area contributed by atoms with Gasteiger partial charge in [-0.15, -0.1) is 0 Å². The minimum absolute atomic E-state index is 0.0133. The van der Waals surface area contributed by atoms with E-state index in [0.29, 0.717) is 0 Å². The molecule has 0 heterocycles. The van der Waals surface area contributed by atoms with Crippen molar-refractivity contribution in [1.29, 1.82) is 0 Å². The van der Waals surface area contributed by atoms with E-state index in [0.717, 1.165) is 39.3 Å². The standard InChI is InChI=1S/C4H9N.3C4H10N.Nb/c1-4(2,3)5;3*1-3-5-4-2;/h1-3H3;3*3-4H2,1-2H3;/q;3*-1;+3. The Kier molecular flexibility index (Phi) is 9.73. The molecule has 0 radical (unpaired) electrons. The van der Waals surface area contributed by atoms with Crippen LogP contribution in [-0.2, 0) is 17.7 Å². The fraction of sp³-hybridized carbons (Fsp3) is 1.00. The summed E-state index contributed by atoms with van der Waals surface area (Å²) in [6.07, 6.45) is 0. The molecule has 128 valence electrons. The third-order valence-corrected chi connectivity index (χ3v) is 15.7. The van der Waals surface area contributed by atoms with Crippen LogP contribution in [0, 0.1) is 0 Å². The van der Waals surface area contributed by atoms with Gasteiger partial charge in [0, 0.05) is 0 Å². The van der Waals surface area contributed by atoms with E-state index in [4.69, 9.17) is 3.34 Å². The summed E-state index contributed by atoms with van der Waals surface area (Å²) in [6.45, 7) is 27.1. The zero-order valence-corrected chi connectivity index (χ0v) is 18.2.